The maximum atomic E-state index is 12.6. The van der Waals surface area contributed by atoms with Crippen LogP contribution in [0.1, 0.15) is 43.5 Å². The molecule has 2 unspecified atom stereocenters. The van der Waals surface area contributed by atoms with Crippen molar-refractivity contribution in [2.24, 2.45) is 0 Å². The highest BCUT2D eigenvalue weighted by atomic mass is 79.9. The Balaban J connectivity index is 2.33. The van der Waals surface area contributed by atoms with Crippen molar-refractivity contribution in [2.75, 3.05) is 0 Å². The Morgan fingerprint density at radius 3 is 2.89 bits per heavy atom. The van der Waals surface area contributed by atoms with E-state index in [9.17, 15) is 4.79 Å². The molecular weight excluding hydrogens is 314 g/mol. The van der Waals surface area contributed by atoms with Gasteiger partial charge in [0.15, 0.2) is 0 Å². The minimum absolute atomic E-state index is 0.0538. The van der Waals surface area contributed by atoms with E-state index in [0.29, 0.717) is 22.7 Å². The predicted octanol–water partition coefficient (Wildman–Crippen LogP) is 4.51. The SMILES string of the molecule is CCC1CCC(C)N1C(=O)c1cccc(Br)c1Cl. The zero-order valence-electron chi connectivity index (χ0n) is 10.6. The van der Waals surface area contributed by atoms with Gasteiger partial charge in [0.2, 0.25) is 0 Å². The Morgan fingerprint density at radius 1 is 1.50 bits per heavy atom. The van der Waals surface area contributed by atoms with Gasteiger partial charge in [0.25, 0.3) is 5.91 Å². The largest absolute Gasteiger partial charge is 0.333 e. The number of halogens is 2. The average Bonchev–Trinajstić information content (AvgIpc) is 2.73. The molecule has 0 saturated carbocycles. The minimum Gasteiger partial charge on any atom is -0.333 e. The number of amides is 1. The first-order valence-electron chi connectivity index (χ1n) is 6.33. The van der Waals surface area contributed by atoms with E-state index < -0.39 is 0 Å². The zero-order chi connectivity index (χ0) is 13.3. The Labute approximate surface area is 121 Å². The van der Waals surface area contributed by atoms with Crippen LogP contribution >= 0.6 is 27.5 Å². The highest BCUT2D eigenvalue weighted by molar-refractivity contribution is 9.10. The van der Waals surface area contributed by atoms with Crippen molar-refractivity contribution in [3.8, 4) is 0 Å². The van der Waals surface area contributed by atoms with Crippen LogP contribution in [0.25, 0.3) is 0 Å². The second kappa shape index (κ2) is 5.62. The summed E-state index contributed by atoms with van der Waals surface area (Å²) in [5, 5.41) is 0.511. The van der Waals surface area contributed by atoms with E-state index in [4.69, 9.17) is 11.6 Å². The fourth-order valence-electron chi connectivity index (χ4n) is 2.65. The molecule has 1 aliphatic heterocycles. The second-order valence-corrected chi connectivity index (χ2v) is 6.03. The molecule has 0 radical (unpaired) electrons. The number of benzene rings is 1. The van der Waals surface area contributed by atoms with Gasteiger partial charge < -0.3 is 4.90 Å². The van der Waals surface area contributed by atoms with Crippen LogP contribution in [0.2, 0.25) is 5.02 Å². The van der Waals surface area contributed by atoms with E-state index >= 15 is 0 Å². The van der Waals surface area contributed by atoms with Crippen molar-refractivity contribution in [3.05, 3.63) is 33.3 Å². The van der Waals surface area contributed by atoms with Gasteiger partial charge in [-0.15, -0.1) is 0 Å². The second-order valence-electron chi connectivity index (χ2n) is 4.80. The number of hydrogen-bond acceptors (Lipinski definition) is 1. The zero-order valence-corrected chi connectivity index (χ0v) is 13.0. The van der Waals surface area contributed by atoms with E-state index in [0.717, 1.165) is 23.7 Å². The van der Waals surface area contributed by atoms with E-state index in [1.807, 2.05) is 17.0 Å². The van der Waals surface area contributed by atoms with E-state index in [1.54, 1.807) is 6.07 Å². The quantitative estimate of drug-likeness (QED) is 0.781. The molecular formula is C14H17BrClNO. The summed E-state index contributed by atoms with van der Waals surface area (Å²) in [5.41, 5.74) is 0.596. The molecule has 0 bridgehead atoms. The van der Waals surface area contributed by atoms with Gasteiger partial charge >= 0.3 is 0 Å². The molecule has 0 aromatic heterocycles. The first kappa shape index (κ1) is 13.9. The van der Waals surface area contributed by atoms with Gasteiger partial charge in [-0.2, -0.15) is 0 Å². The molecule has 18 heavy (non-hydrogen) atoms. The van der Waals surface area contributed by atoms with Gasteiger partial charge in [-0.05, 0) is 54.2 Å². The first-order chi connectivity index (χ1) is 8.56. The van der Waals surface area contributed by atoms with Crippen LogP contribution in [0.5, 0.6) is 0 Å². The summed E-state index contributed by atoms with van der Waals surface area (Å²) in [6.45, 7) is 4.24. The summed E-state index contributed by atoms with van der Waals surface area (Å²) >= 11 is 9.58. The van der Waals surface area contributed by atoms with Gasteiger partial charge in [0.05, 0.1) is 10.6 Å². The number of likely N-dealkylation sites (tertiary alicyclic amines) is 1. The number of carbonyl (C=O) groups excluding carboxylic acids is 1. The molecule has 1 aliphatic rings. The molecule has 1 aromatic carbocycles. The standard InChI is InChI=1S/C14H17BrClNO/c1-3-10-8-7-9(2)17(10)14(18)11-5-4-6-12(15)13(11)16/h4-6,9-10H,3,7-8H2,1-2H3. The molecule has 4 heteroatoms. The number of hydrogen-bond donors (Lipinski definition) is 0. The van der Waals surface area contributed by atoms with Crippen LogP contribution in [0.4, 0.5) is 0 Å². The third kappa shape index (κ3) is 2.43. The smallest absolute Gasteiger partial charge is 0.255 e. The monoisotopic (exact) mass is 329 g/mol. The number of carbonyl (C=O) groups is 1. The normalized spacial score (nSPS) is 23.4. The van der Waals surface area contributed by atoms with Gasteiger partial charge in [0.1, 0.15) is 0 Å². The Morgan fingerprint density at radius 2 is 2.22 bits per heavy atom. The first-order valence-corrected chi connectivity index (χ1v) is 7.50. The lowest BCUT2D eigenvalue weighted by atomic mass is 10.1. The minimum atomic E-state index is 0.0538. The fourth-order valence-corrected chi connectivity index (χ4v) is 3.22. The lowest BCUT2D eigenvalue weighted by molar-refractivity contribution is 0.0676. The summed E-state index contributed by atoms with van der Waals surface area (Å²) in [6.07, 6.45) is 3.17. The lowest BCUT2D eigenvalue weighted by Gasteiger charge is -2.28. The maximum absolute atomic E-state index is 12.6. The molecule has 1 saturated heterocycles. The number of nitrogens with zero attached hydrogens (tertiary/aromatic N) is 1. The van der Waals surface area contributed by atoms with Gasteiger partial charge in [-0.3, -0.25) is 4.79 Å². The summed E-state index contributed by atoms with van der Waals surface area (Å²) in [5.74, 6) is 0.0538. The Bertz CT molecular complexity index is 463. The Kier molecular flexibility index (Phi) is 4.33. The fraction of sp³-hybridized carbons (Fsp3) is 0.500. The van der Waals surface area contributed by atoms with Crippen molar-refractivity contribution < 1.29 is 4.79 Å². The van der Waals surface area contributed by atoms with Crippen molar-refractivity contribution in [1.82, 2.24) is 4.90 Å². The predicted molar refractivity (Wildman–Crippen MR) is 78.1 cm³/mol. The lowest BCUT2D eigenvalue weighted by Crippen LogP contribution is -2.39. The van der Waals surface area contributed by atoms with Crippen LogP contribution in [0.3, 0.4) is 0 Å². The summed E-state index contributed by atoms with van der Waals surface area (Å²) in [4.78, 5) is 14.6. The molecule has 0 N–H and O–H groups in total. The summed E-state index contributed by atoms with van der Waals surface area (Å²) in [7, 11) is 0. The highest BCUT2D eigenvalue weighted by Crippen LogP contribution is 2.32. The van der Waals surface area contributed by atoms with Crippen LogP contribution in [-0.4, -0.2) is 22.9 Å². The van der Waals surface area contributed by atoms with Gasteiger partial charge in [-0.25, -0.2) is 0 Å². The maximum Gasteiger partial charge on any atom is 0.255 e. The van der Waals surface area contributed by atoms with Crippen LogP contribution in [0, 0.1) is 0 Å². The highest BCUT2D eigenvalue weighted by Gasteiger charge is 2.34. The molecule has 0 aliphatic carbocycles. The van der Waals surface area contributed by atoms with Crippen molar-refractivity contribution >= 4 is 33.4 Å². The molecule has 1 amide bonds. The molecule has 1 aromatic rings. The molecule has 98 valence electrons. The Hall–Kier alpha value is -0.540. The van der Waals surface area contributed by atoms with Crippen molar-refractivity contribution in [2.45, 2.75) is 45.2 Å². The van der Waals surface area contributed by atoms with Crippen LogP contribution in [0.15, 0.2) is 22.7 Å². The van der Waals surface area contributed by atoms with Gasteiger partial charge in [0, 0.05) is 16.6 Å². The van der Waals surface area contributed by atoms with E-state index in [-0.39, 0.29) is 5.91 Å². The molecule has 2 atom stereocenters. The summed E-state index contributed by atoms with van der Waals surface area (Å²) < 4.78 is 0.773. The van der Waals surface area contributed by atoms with Crippen molar-refractivity contribution in [3.63, 3.8) is 0 Å². The average molecular weight is 331 g/mol. The number of rotatable bonds is 2. The van der Waals surface area contributed by atoms with E-state index in [1.165, 1.54) is 0 Å². The van der Waals surface area contributed by atoms with Crippen LogP contribution < -0.4 is 0 Å². The molecule has 0 spiro atoms. The molecule has 1 fully saturated rings. The topological polar surface area (TPSA) is 20.3 Å². The third-order valence-electron chi connectivity index (χ3n) is 3.67. The van der Waals surface area contributed by atoms with E-state index in [2.05, 4.69) is 29.8 Å². The third-order valence-corrected chi connectivity index (χ3v) is 4.97. The van der Waals surface area contributed by atoms with Gasteiger partial charge in [-0.1, -0.05) is 24.6 Å². The summed E-state index contributed by atoms with van der Waals surface area (Å²) in [6, 6.07) is 6.15. The molecule has 1 heterocycles. The molecule has 2 rings (SSSR count). The van der Waals surface area contributed by atoms with Crippen LogP contribution in [-0.2, 0) is 0 Å². The molecule has 2 nitrogen and oxygen atoms in total. The van der Waals surface area contributed by atoms with Crippen molar-refractivity contribution in [1.29, 1.82) is 0 Å².